The molecular formula is C12H17BrFNO. The summed E-state index contributed by atoms with van der Waals surface area (Å²) in [7, 11) is 0. The number of nitrogens with one attached hydrogen (secondary N) is 1. The second kappa shape index (κ2) is 6.99. The van der Waals surface area contributed by atoms with Gasteiger partial charge in [-0.1, -0.05) is 22.9 Å². The molecule has 1 rings (SSSR count). The predicted molar refractivity (Wildman–Crippen MR) is 67.0 cm³/mol. The molecule has 0 spiro atoms. The van der Waals surface area contributed by atoms with Gasteiger partial charge in [-0.05, 0) is 36.7 Å². The van der Waals surface area contributed by atoms with E-state index < -0.39 is 6.10 Å². The Morgan fingerprint density at radius 1 is 1.50 bits per heavy atom. The highest BCUT2D eigenvalue weighted by Gasteiger charge is 2.09. The first-order valence-electron chi connectivity index (χ1n) is 5.46. The minimum atomic E-state index is -0.546. The van der Waals surface area contributed by atoms with Gasteiger partial charge in [0.2, 0.25) is 0 Å². The fourth-order valence-electron chi connectivity index (χ4n) is 1.47. The molecule has 4 heteroatoms. The van der Waals surface area contributed by atoms with Crippen LogP contribution in [0.5, 0.6) is 0 Å². The fraction of sp³-hybridized carbons (Fsp3) is 0.500. The molecule has 0 aromatic heterocycles. The molecule has 0 bridgehead atoms. The Morgan fingerprint density at radius 3 is 2.94 bits per heavy atom. The van der Waals surface area contributed by atoms with Crippen LogP contribution in [0.3, 0.4) is 0 Å². The quantitative estimate of drug-likeness (QED) is 0.789. The monoisotopic (exact) mass is 289 g/mol. The van der Waals surface area contributed by atoms with Gasteiger partial charge in [0.05, 0.1) is 6.10 Å². The summed E-state index contributed by atoms with van der Waals surface area (Å²) in [5.41, 5.74) is 0.542. The molecule has 0 saturated carbocycles. The molecule has 0 aliphatic heterocycles. The molecule has 1 unspecified atom stereocenters. The first-order chi connectivity index (χ1) is 7.63. The normalized spacial score (nSPS) is 12.8. The summed E-state index contributed by atoms with van der Waals surface area (Å²) in [6, 6.07) is 4.77. The zero-order chi connectivity index (χ0) is 12.0. The van der Waals surface area contributed by atoms with Gasteiger partial charge >= 0.3 is 0 Å². The van der Waals surface area contributed by atoms with Crippen molar-refractivity contribution in [3.63, 3.8) is 0 Å². The Hall–Kier alpha value is -0.450. The lowest BCUT2D eigenvalue weighted by Gasteiger charge is -2.12. The van der Waals surface area contributed by atoms with E-state index in [1.54, 1.807) is 12.1 Å². The van der Waals surface area contributed by atoms with Crippen molar-refractivity contribution in [1.82, 2.24) is 5.32 Å². The molecule has 0 heterocycles. The van der Waals surface area contributed by atoms with E-state index in [1.807, 2.05) is 0 Å². The molecule has 2 N–H and O–H groups in total. The van der Waals surface area contributed by atoms with E-state index in [1.165, 1.54) is 6.07 Å². The standard InChI is InChI=1S/C12H17BrFNO/c1-2-5-15-8-11(16)7-9-6-10(13)3-4-12(9)14/h3-4,6,11,15-16H,2,5,7-8H2,1H3. The molecule has 2 nitrogen and oxygen atoms in total. The van der Waals surface area contributed by atoms with Crippen LogP contribution in [0.1, 0.15) is 18.9 Å². The minimum Gasteiger partial charge on any atom is -0.391 e. The van der Waals surface area contributed by atoms with E-state index in [9.17, 15) is 9.50 Å². The summed E-state index contributed by atoms with van der Waals surface area (Å²) in [6.07, 6.45) is 0.815. The van der Waals surface area contributed by atoms with Gasteiger partial charge in [0.25, 0.3) is 0 Å². The summed E-state index contributed by atoms with van der Waals surface area (Å²) in [5.74, 6) is -0.266. The first kappa shape index (κ1) is 13.6. The average molecular weight is 290 g/mol. The number of aliphatic hydroxyl groups excluding tert-OH is 1. The van der Waals surface area contributed by atoms with Crippen molar-refractivity contribution in [2.45, 2.75) is 25.9 Å². The Balaban J connectivity index is 2.48. The van der Waals surface area contributed by atoms with E-state index in [0.29, 0.717) is 18.5 Å². The van der Waals surface area contributed by atoms with Gasteiger partial charge < -0.3 is 10.4 Å². The van der Waals surface area contributed by atoms with Crippen LogP contribution < -0.4 is 5.32 Å². The topological polar surface area (TPSA) is 32.3 Å². The van der Waals surface area contributed by atoms with Crippen molar-refractivity contribution in [2.24, 2.45) is 0 Å². The Morgan fingerprint density at radius 2 is 2.25 bits per heavy atom. The van der Waals surface area contributed by atoms with Gasteiger partial charge in [0.15, 0.2) is 0 Å². The van der Waals surface area contributed by atoms with Crippen LogP contribution in [0, 0.1) is 5.82 Å². The number of hydrogen-bond donors (Lipinski definition) is 2. The Bertz CT molecular complexity index is 333. The van der Waals surface area contributed by atoms with Crippen molar-refractivity contribution in [1.29, 1.82) is 0 Å². The molecule has 1 aromatic rings. The van der Waals surface area contributed by atoms with E-state index >= 15 is 0 Å². The maximum Gasteiger partial charge on any atom is 0.126 e. The van der Waals surface area contributed by atoms with Crippen molar-refractivity contribution in [3.8, 4) is 0 Å². The van der Waals surface area contributed by atoms with Crippen LogP contribution in [0.2, 0.25) is 0 Å². The minimum absolute atomic E-state index is 0.266. The lowest BCUT2D eigenvalue weighted by molar-refractivity contribution is 0.171. The molecule has 0 saturated heterocycles. The Labute approximate surface area is 104 Å². The highest BCUT2D eigenvalue weighted by Crippen LogP contribution is 2.16. The van der Waals surface area contributed by atoms with E-state index in [2.05, 4.69) is 28.2 Å². The van der Waals surface area contributed by atoms with Crippen LogP contribution in [-0.4, -0.2) is 24.3 Å². The van der Waals surface area contributed by atoms with E-state index in [4.69, 9.17) is 0 Å². The van der Waals surface area contributed by atoms with Gasteiger partial charge in [-0.2, -0.15) is 0 Å². The third-order valence-electron chi connectivity index (χ3n) is 2.27. The molecule has 0 aliphatic carbocycles. The van der Waals surface area contributed by atoms with Crippen molar-refractivity contribution in [3.05, 3.63) is 34.1 Å². The van der Waals surface area contributed by atoms with E-state index in [-0.39, 0.29) is 5.82 Å². The lowest BCUT2D eigenvalue weighted by Crippen LogP contribution is -2.29. The van der Waals surface area contributed by atoms with Crippen LogP contribution in [0.25, 0.3) is 0 Å². The smallest absolute Gasteiger partial charge is 0.126 e. The largest absolute Gasteiger partial charge is 0.391 e. The molecular weight excluding hydrogens is 273 g/mol. The number of aliphatic hydroxyl groups is 1. The number of benzene rings is 1. The summed E-state index contributed by atoms with van der Waals surface area (Å²) in [6.45, 7) is 3.44. The van der Waals surface area contributed by atoms with Crippen molar-refractivity contribution >= 4 is 15.9 Å². The van der Waals surface area contributed by atoms with E-state index in [0.717, 1.165) is 17.4 Å². The fourth-order valence-corrected chi connectivity index (χ4v) is 1.88. The van der Waals surface area contributed by atoms with Gasteiger partial charge in [-0.3, -0.25) is 0 Å². The highest BCUT2D eigenvalue weighted by atomic mass is 79.9. The third kappa shape index (κ3) is 4.60. The second-order valence-corrected chi connectivity index (χ2v) is 4.71. The van der Waals surface area contributed by atoms with Crippen LogP contribution >= 0.6 is 15.9 Å². The van der Waals surface area contributed by atoms with Gasteiger partial charge in [0, 0.05) is 17.4 Å². The van der Waals surface area contributed by atoms with Crippen LogP contribution in [-0.2, 0) is 6.42 Å². The molecule has 1 atom stereocenters. The molecule has 0 radical (unpaired) electrons. The number of rotatable bonds is 6. The number of hydrogen-bond acceptors (Lipinski definition) is 2. The van der Waals surface area contributed by atoms with Crippen molar-refractivity contribution < 1.29 is 9.50 Å². The Kier molecular flexibility index (Phi) is 5.95. The molecule has 0 amide bonds. The molecule has 90 valence electrons. The molecule has 1 aromatic carbocycles. The summed E-state index contributed by atoms with van der Waals surface area (Å²) >= 11 is 3.29. The average Bonchev–Trinajstić information content (AvgIpc) is 2.24. The van der Waals surface area contributed by atoms with Gasteiger partial charge in [-0.15, -0.1) is 0 Å². The first-order valence-corrected chi connectivity index (χ1v) is 6.25. The number of halogens is 2. The van der Waals surface area contributed by atoms with Crippen molar-refractivity contribution in [2.75, 3.05) is 13.1 Å². The maximum absolute atomic E-state index is 13.4. The molecule has 16 heavy (non-hydrogen) atoms. The summed E-state index contributed by atoms with van der Waals surface area (Å²) in [4.78, 5) is 0. The van der Waals surface area contributed by atoms with Crippen LogP contribution in [0.4, 0.5) is 4.39 Å². The zero-order valence-electron chi connectivity index (χ0n) is 9.34. The second-order valence-electron chi connectivity index (χ2n) is 3.80. The van der Waals surface area contributed by atoms with Gasteiger partial charge in [0.1, 0.15) is 5.82 Å². The highest BCUT2D eigenvalue weighted by molar-refractivity contribution is 9.10. The molecule has 0 aliphatic rings. The molecule has 0 fully saturated rings. The lowest BCUT2D eigenvalue weighted by atomic mass is 10.1. The predicted octanol–water partition coefficient (Wildman–Crippen LogP) is 2.49. The summed E-state index contributed by atoms with van der Waals surface area (Å²) in [5, 5.41) is 12.8. The maximum atomic E-state index is 13.4. The van der Waals surface area contributed by atoms with Crippen LogP contribution in [0.15, 0.2) is 22.7 Å². The summed E-state index contributed by atoms with van der Waals surface area (Å²) < 4.78 is 14.2. The van der Waals surface area contributed by atoms with Gasteiger partial charge in [-0.25, -0.2) is 4.39 Å². The third-order valence-corrected chi connectivity index (χ3v) is 2.76. The SMILES string of the molecule is CCCNCC(O)Cc1cc(Br)ccc1F. The zero-order valence-corrected chi connectivity index (χ0v) is 10.9.